The second kappa shape index (κ2) is 6.27. The summed E-state index contributed by atoms with van der Waals surface area (Å²) < 4.78 is 0.717. The fraction of sp³-hybridized carbons (Fsp3) is 0. The van der Waals surface area contributed by atoms with E-state index in [2.05, 4.69) is 0 Å². The molecule has 106 valence electrons. The largest absolute Gasteiger partial charge is 0.399 e. The van der Waals surface area contributed by atoms with Crippen molar-refractivity contribution in [3.05, 3.63) is 44.4 Å². The number of nitrogen functional groups attached to an aromatic ring is 1. The molecule has 20 heavy (non-hydrogen) atoms. The Bertz CT molecular complexity index is 625. The Labute approximate surface area is 146 Å². The third-order valence-corrected chi connectivity index (χ3v) is 4.63. The van der Waals surface area contributed by atoms with E-state index >= 15 is 0 Å². The lowest BCUT2D eigenvalue weighted by atomic mass is 10.0. The minimum atomic E-state index is 0.109. The molecule has 8 heteroatoms. The first-order valence-corrected chi connectivity index (χ1v) is 7.37. The van der Waals surface area contributed by atoms with Gasteiger partial charge in [-0.3, -0.25) is 0 Å². The number of hydrogen-bond acceptors (Lipinski definition) is 2. The Kier molecular flexibility index (Phi) is 5.06. The van der Waals surface area contributed by atoms with Crippen molar-refractivity contribution in [2.45, 2.75) is 0 Å². The van der Waals surface area contributed by atoms with Gasteiger partial charge in [-0.2, -0.15) is 3.94 Å². The van der Waals surface area contributed by atoms with Crippen LogP contribution in [0.2, 0.25) is 20.1 Å². The predicted molar refractivity (Wildman–Crippen MR) is 90.5 cm³/mol. The number of benzene rings is 2. The van der Waals surface area contributed by atoms with Crippen LogP contribution < -0.4 is 9.67 Å². The van der Waals surface area contributed by atoms with Gasteiger partial charge in [-0.05, 0) is 17.7 Å². The number of anilines is 2. The van der Waals surface area contributed by atoms with E-state index in [0.29, 0.717) is 11.3 Å². The molecule has 0 spiro atoms. The summed E-state index contributed by atoms with van der Waals surface area (Å²) in [6, 6.07) is 6.95. The molecule has 0 bridgehead atoms. The Hall–Kier alpha value is -0.220. The molecule has 0 heterocycles. The van der Waals surface area contributed by atoms with Gasteiger partial charge in [0, 0.05) is 34.8 Å². The molecule has 0 aliphatic heterocycles. The predicted octanol–water partition coefficient (Wildman–Crippen LogP) is 6.66. The highest BCUT2D eigenvalue weighted by molar-refractivity contribution is 6.58. The molecule has 0 amide bonds. The molecule has 0 aromatic heterocycles. The lowest BCUT2D eigenvalue weighted by molar-refractivity contribution is 1.55. The van der Waals surface area contributed by atoms with Crippen molar-refractivity contribution in [2.75, 3.05) is 9.67 Å². The summed E-state index contributed by atoms with van der Waals surface area (Å²) >= 11 is 36.1. The van der Waals surface area contributed by atoms with E-state index in [4.69, 9.17) is 75.7 Å². The van der Waals surface area contributed by atoms with Crippen molar-refractivity contribution < 1.29 is 0 Å². The number of hydrogen-bond donors (Lipinski definition) is 1. The van der Waals surface area contributed by atoms with Gasteiger partial charge in [-0.15, -0.1) is 0 Å². The summed E-state index contributed by atoms with van der Waals surface area (Å²) in [5.41, 5.74) is 7.60. The van der Waals surface area contributed by atoms with Gasteiger partial charge >= 0.3 is 0 Å². The summed E-state index contributed by atoms with van der Waals surface area (Å²) in [6.07, 6.45) is 0. The molecule has 0 saturated heterocycles. The van der Waals surface area contributed by atoms with Crippen LogP contribution in [0.4, 0.5) is 11.4 Å². The van der Waals surface area contributed by atoms with Gasteiger partial charge in [0.25, 0.3) is 0 Å². The van der Waals surface area contributed by atoms with E-state index in [0.717, 1.165) is 9.50 Å². The smallest absolute Gasteiger partial charge is 0.111 e. The Morgan fingerprint density at radius 2 is 1.20 bits per heavy atom. The molecule has 0 saturated carbocycles. The molecule has 2 rings (SSSR count). The van der Waals surface area contributed by atoms with Crippen LogP contribution in [0.1, 0.15) is 0 Å². The molecular formula is C12H6Cl6N2. The van der Waals surface area contributed by atoms with Crippen molar-refractivity contribution in [1.29, 1.82) is 0 Å². The normalized spacial score (nSPS) is 10.7. The van der Waals surface area contributed by atoms with Crippen LogP contribution in [-0.2, 0) is 0 Å². The SMILES string of the molecule is Nc1ccc(-c2c(Cl)c(Cl)c(N(Cl)Cl)c(Cl)c2Cl)cc1. The number of halogens is 6. The summed E-state index contributed by atoms with van der Waals surface area (Å²) in [7, 11) is 0. The zero-order chi connectivity index (χ0) is 15.0. The zero-order valence-electron chi connectivity index (χ0n) is 9.60. The van der Waals surface area contributed by atoms with Crippen LogP contribution in [0.25, 0.3) is 11.1 Å². The average molecular weight is 391 g/mol. The van der Waals surface area contributed by atoms with Gasteiger partial charge < -0.3 is 5.73 Å². The Balaban J connectivity index is 2.75. The highest BCUT2D eigenvalue weighted by Crippen LogP contribution is 2.50. The van der Waals surface area contributed by atoms with E-state index in [1.54, 1.807) is 24.3 Å². The first-order valence-electron chi connectivity index (χ1n) is 5.18. The third-order valence-electron chi connectivity index (χ3n) is 2.61. The monoisotopic (exact) mass is 388 g/mol. The minimum absolute atomic E-state index is 0.109. The standard InChI is InChI=1S/C12H6Cl6N2/c13-8-7(5-1-3-6(19)4-2-5)9(14)11(16)12(10(8)15)20(17)18/h1-4H,19H2. The van der Waals surface area contributed by atoms with E-state index in [1.165, 1.54) is 0 Å². The van der Waals surface area contributed by atoms with Crippen LogP contribution >= 0.6 is 70.0 Å². The molecule has 0 aliphatic rings. The quantitative estimate of drug-likeness (QED) is 0.352. The van der Waals surface area contributed by atoms with Crippen molar-refractivity contribution in [3.63, 3.8) is 0 Å². The summed E-state index contributed by atoms with van der Waals surface area (Å²) in [4.78, 5) is 0. The van der Waals surface area contributed by atoms with E-state index in [9.17, 15) is 0 Å². The Morgan fingerprint density at radius 3 is 1.60 bits per heavy atom. The van der Waals surface area contributed by atoms with E-state index in [-0.39, 0.29) is 25.8 Å². The first kappa shape index (κ1) is 16.2. The van der Waals surface area contributed by atoms with Crippen LogP contribution in [0.5, 0.6) is 0 Å². The third kappa shape index (κ3) is 2.87. The fourth-order valence-corrected chi connectivity index (χ4v) is 3.41. The first-order chi connectivity index (χ1) is 9.34. The summed E-state index contributed by atoms with van der Waals surface area (Å²) in [5, 5.41) is 0.620. The van der Waals surface area contributed by atoms with Gasteiger partial charge in [0.2, 0.25) is 0 Å². The maximum Gasteiger partial charge on any atom is 0.111 e. The molecular weight excluding hydrogens is 385 g/mol. The second-order valence-corrected chi connectivity index (χ2v) is 6.20. The fourth-order valence-electron chi connectivity index (χ4n) is 1.67. The van der Waals surface area contributed by atoms with Crippen LogP contribution in [0.3, 0.4) is 0 Å². The van der Waals surface area contributed by atoms with Gasteiger partial charge in [-0.1, -0.05) is 58.5 Å². The van der Waals surface area contributed by atoms with Crippen molar-refractivity contribution in [2.24, 2.45) is 0 Å². The average Bonchev–Trinajstić information content (AvgIpc) is 2.39. The number of rotatable bonds is 2. The maximum atomic E-state index is 6.24. The molecule has 2 aromatic carbocycles. The van der Waals surface area contributed by atoms with Gasteiger partial charge in [0.05, 0.1) is 20.1 Å². The summed E-state index contributed by atoms with van der Waals surface area (Å²) in [6.45, 7) is 0. The summed E-state index contributed by atoms with van der Waals surface area (Å²) in [5.74, 6) is 0. The second-order valence-electron chi connectivity index (χ2n) is 3.83. The highest BCUT2D eigenvalue weighted by atomic mass is 35.5. The molecule has 2 nitrogen and oxygen atoms in total. The topological polar surface area (TPSA) is 29.3 Å². The van der Waals surface area contributed by atoms with Crippen molar-refractivity contribution >= 4 is 81.3 Å². The lowest BCUT2D eigenvalue weighted by Crippen LogP contribution is -1.97. The van der Waals surface area contributed by atoms with E-state index in [1.807, 2.05) is 0 Å². The molecule has 0 radical (unpaired) electrons. The van der Waals surface area contributed by atoms with Crippen molar-refractivity contribution in [1.82, 2.24) is 0 Å². The number of nitrogens with zero attached hydrogens (tertiary/aromatic N) is 1. The van der Waals surface area contributed by atoms with E-state index < -0.39 is 0 Å². The maximum absolute atomic E-state index is 6.24. The lowest BCUT2D eigenvalue weighted by Gasteiger charge is -2.17. The van der Waals surface area contributed by atoms with Gasteiger partial charge in [0.15, 0.2) is 0 Å². The highest BCUT2D eigenvalue weighted by Gasteiger charge is 2.23. The molecule has 0 fully saturated rings. The molecule has 0 aliphatic carbocycles. The van der Waals surface area contributed by atoms with Crippen LogP contribution in [-0.4, -0.2) is 0 Å². The molecule has 2 aromatic rings. The molecule has 0 unspecified atom stereocenters. The molecule has 2 N–H and O–H groups in total. The van der Waals surface area contributed by atoms with Gasteiger partial charge in [0.1, 0.15) is 5.69 Å². The molecule has 0 atom stereocenters. The number of nitrogens with two attached hydrogens (primary N) is 1. The zero-order valence-corrected chi connectivity index (χ0v) is 14.1. The van der Waals surface area contributed by atoms with Gasteiger partial charge in [-0.25, -0.2) is 0 Å². The minimum Gasteiger partial charge on any atom is -0.399 e. The van der Waals surface area contributed by atoms with Crippen molar-refractivity contribution in [3.8, 4) is 11.1 Å². The van der Waals surface area contributed by atoms with Crippen LogP contribution in [0.15, 0.2) is 24.3 Å². The Morgan fingerprint density at radius 1 is 0.750 bits per heavy atom. The van der Waals surface area contributed by atoms with Crippen LogP contribution in [0, 0.1) is 0 Å².